The van der Waals surface area contributed by atoms with Crippen molar-refractivity contribution in [2.45, 2.75) is 52.5 Å². The first-order valence-electron chi connectivity index (χ1n) is 8.27. The Morgan fingerprint density at radius 2 is 2.10 bits per heavy atom. The van der Waals surface area contributed by atoms with Gasteiger partial charge in [0.1, 0.15) is 0 Å². The quantitative estimate of drug-likeness (QED) is 0.877. The topological polar surface area (TPSA) is 15.3 Å². The third kappa shape index (κ3) is 4.24. The lowest BCUT2D eigenvalue weighted by Crippen LogP contribution is -2.38. The molecule has 0 aliphatic carbocycles. The minimum atomic E-state index is 0.632. The molecule has 1 N–H and O–H groups in total. The van der Waals surface area contributed by atoms with E-state index < -0.39 is 0 Å². The molecule has 0 amide bonds. The maximum absolute atomic E-state index is 3.72. The predicted octanol–water partition coefficient (Wildman–Crippen LogP) is 3.85. The second-order valence-electron chi connectivity index (χ2n) is 6.46. The van der Waals surface area contributed by atoms with Crippen LogP contribution in [0.2, 0.25) is 0 Å². The van der Waals surface area contributed by atoms with Crippen LogP contribution in [0.15, 0.2) is 24.3 Å². The van der Waals surface area contributed by atoms with E-state index in [0.717, 1.165) is 19.0 Å². The van der Waals surface area contributed by atoms with Crippen molar-refractivity contribution >= 4 is 5.69 Å². The van der Waals surface area contributed by atoms with Crippen molar-refractivity contribution in [2.75, 3.05) is 24.5 Å². The van der Waals surface area contributed by atoms with Crippen LogP contribution >= 0.6 is 0 Å². The molecule has 0 spiro atoms. The standard InChI is InChI=1S/C18H30N2/c1-4-8-16-9-5-6-10-18(16)20-12-7-11-19-17(14-20)13-15(2)3/h5-6,9-10,15,17,19H,4,7-8,11-14H2,1-3H3. The summed E-state index contributed by atoms with van der Waals surface area (Å²) in [5, 5.41) is 3.72. The normalized spacial score (nSPS) is 20.2. The molecule has 1 aromatic carbocycles. The molecule has 1 heterocycles. The highest BCUT2D eigenvalue weighted by molar-refractivity contribution is 5.54. The van der Waals surface area contributed by atoms with Crippen molar-refractivity contribution < 1.29 is 0 Å². The van der Waals surface area contributed by atoms with E-state index in [-0.39, 0.29) is 0 Å². The van der Waals surface area contributed by atoms with E-state index in [1.165, 1.54) is 43.5 Å². The Bertz CT molecular complexity index is 400. The molecular formula is C18H30N2. The number of hydrogen-bond acceptors (Lipinski definition) is 2. The Kier molecular flexibility index (Phi) is 5.90. The van der Waals surface area contributed by atoms with Gasteiger partial charge >= 0.3 is 0 Å². The third-order valence-electron chi connectivity index (χ3n) is 4.09. The minimum Gasteiger partial charge on any atom is -0.370 e. The highest BCUT2D eigenvalue weighted by Gasteiger charge is 2.20. The minimum absolute atomic E-state index is 0.632. The molecule has 0 aromatic heterocycles. The van der Waals surface area contributed by atoms with E-state index in [1.807, 2.05) is 0 Å². The predicted molar refractivity (Wildman–Crippen MR) is 88.5 cm³/mol. The number of nitrogens with one attached hydrogen (secondary N) is 1. The Hall–Kier alpha value is -1.02. The summed E-state index contributed by atoms with van der Waals surface area (Å²) in [4.78, 5) is 2.61. The lowest BCUT2D eigenvalue weighted by molar-refractivity contribution is 0.436. The maximum Gasteiger partial charge on any atom is 0.0399 e. The summed E-state index contributed by atoms with van der Waals surface area (Å²) in [5.41, 5.74) is 2.98. The van der Waals surface area contributed by atoms with Crippen LogP contribution in [-0.2, 0) is 6.42 Å². The van der Waals surface area contributed by atoms with Crippen LogP contribution in [0.4, 0.5) is 5.69 Å². The number of aryl methyl sites for hydroxylation is 1. The number of hydrogen-bond donors (Lipinski definition) is 1. The number of benzene rings is 1. The summed E-state index contributed by atoms with van der Waals surface area (Å²) < 4.78 is 0. The average Bonchev–Trinajstić information content (AvgIpc) is 2.64. The fraction of sp³-hybridized carbons (Fsp3) is 0.667. The van der Waals surface area contributed by atoms with Crippen molar-refractivity contribution in [1.82, 2.24) is 5.32 Å². The molecule has 0 saturated carbocycles. The monoisotopic (exact) mass is 274 g/mol. The molecule has 1 atom stereocenters. The molecule has 1 aromatic rings. The van der Waals surface area contributed by atoms with Gasteiger partial charge in [0, 0.05) is 24.8 Å². The molecule has 1 fully saturated rings. The van der Waals surface area contributed by atoms with Crippen LogP contribution in [0.25, 0.3) is 0 Å². The molecule has 0 bridgehead atoms. The number of rotatable bonds is 5. The van der Waals surface area contributed by atoms with Crippen LogP contribution in [0.5, 0.6) is 0 Å². The summed E-state index contributed by atoms with van der Waals surface area (Å²) in [6.45, 7) is 10.4. The van der Waals surface area contributed by atoms with Gasteiger partial charge in [0.05, 0.1) is 0 Å². The first-order chi connectivity index (χ1) is 9.70. The highest BCUT2D eigenvalue weighted by atomic mass is 15.2. The van der Waals surface area contributed by atoms with Crippen molar-refractivity contribution in [1.29, 1.82) is 0 Å². The molecule has 0 radical (unpaired) electrons. The molecule has 2 nitrogen and oxygen atoms in total. The van der Waals surface area contributed by atoms with Gasteiger partial charge in [-0.2, -0.15) is 0 Å². The zero-order chi connectivity index (χ0) is 14.4. The van der Waals surface area contributed by atoms with Crippen LogP contribution in [-0.4, -0.2) is 25.7 Å². The third-order valence-corrected chi connectivity index (χ3v) is 4.09. The first kappa shape index (κ1) is 15.4. The summed E-state index contributed by atoms with van der Waals surface area (Å²) in [6, 6.07) is 9.60. The van der Waals surface area contributed by atoms with E-state index in [1.54, 1.807) is 0 Å². The van der Waals surface area contributed by atoms with Crippen LogP contribution < -0.4 is 10.2 Å². The van der Waals surface area contributed by atoms with E-state index in [9.17, 15) is 0 Å². The molecule has 1 aliphatic heterocycles. The van der Waals surface area contributed by atoms with E-state index >= 15 is 0 Å². The molecule has 1 aliphatic rings. The van der Waals surface area contributed by atoms with Gasteiger partial charge in [-0.1, -0.05) is 45.4 Å². The van der Waals surface area contributed by atoms with Crippen LogP contribution in [0.3, 0.4) is 0 Å². The SMILES string of the molecule is CCCc1ccccc1N1CCCNC(CC(C)C)C1. The van der Waals surface area contributed by atoms with Gasteiger partial charge < -0.3 is 10.2 Å². The molecule has 2 rings (SSSR count). The largest absolute Gasteiger partial charge is 0.370 e. The Morgan fingerprint density at radius 1 is 1.30 bits per heavy atom. The second kappa shape index (κ2) is 7.68. The molecule has 20 heavy (non-hydrogen) atoms. The van der Waals surface area contributed by atoms with E-state index in [2.05, 4.69) is 55.3 Å². The van der Waals surface area contributed by atoms with Crippen molar-refractivity contribution in [3.63, 3.8) is 0 Å². The first-order valence-corrected chi connectivity index (χ1v) is 8.27. The lowest BCUT2D eigenvalue weighted by atomic mass is 10.0. The molecule has 1 unspecified atom stereocenters. The van der Waals surface area contributed by atoms with Gasteiger partial charge in [0.25, 0.3) is 0 Å². The summed E-state index contributed by atoms with van der Waals surface area (Å²) >= 11 is 0. The van der Waals surface area contributed by atoms with Gasteiger partial charge in [-0.3, -0.25) is 0 Å². The number of para-hydroxylation sites is 1. The fourth-order valence-corrected chi connectivity index (χ4v) is 3.24. The molecule has 2 heteroatoms. The van der Waals surface area contributed by atoms with Gasteiger partial charge in [0.2, 0.25) is 0 Å². The summed E-state index contributed by atoms with van der Waals surface area (Å²) in [6.07, 6.45) is 4.93. The van der Waals surface area contributed by atoms with Crippen molar-refractivity contribution in [3.05, 3.63) is 29.8 Å². The lowest BCUT2D eigenvalue weighted by Gasteiger charge is -2.29. The zero-order valence-electron chi connectivity index (χ0n) is 13.4. The Balaban J connectivity index is 2.13. The molecule has 112 valence electrons. The van der Waals surface area contributed by atoms with Crippen molar-refractivity contribution in [3.8, 4) is 0 Å². The maximum atomic E-state index is 3.72. The number of nitrogens with zero attached hydrogens (tertiary/aromatic N) is 1. The van der Waals surface area contributed by atoms with E-state index in [0.29, 0.717) is 6.04 Å². The Labute approximate surface area is 124 Å². The smallest absolute Gasteiger partial charge is 0.0399 e. The summed E-state index contributed by atoms with van der Waals surface area (Å²) in [7, 11) is 0. The van der Waals surface area contributed by atoms with Crippen LogP contribution in [0, 0.1) is 5.92 Å². The Morgan fingerprint density at radius 3 is 2.85 bits per heavy atom. The average molecular weight is 274 g/mol. The number of anilines is 1. The molecular weight excluding hydrogens is 244 g/mol. The second-order valence-corrected chi connectivity index (χ2v) is 6.46. The highest BCUT2D eigenvalue weighted by Crippen LogP contribution is 2.24. The van der Waals surface area contributed by atoms with Crippen molar-refractivity contribution in [2.24, 2.45) is 5.92 Å². The molecule has 1 saturated heterocycles. The van der Waals surface area contributed by atoms with Gasteiger partial charge in [0.15, 0.2) is 0 Å². The van der Waals surface area contributed by atoms with E-state index in [4.69, 9.17) is 0 Å². The van der Waals surface area contributed by atoms with Gasteiger partial charge in [-0.05, 0) is 43.4 Å². The fourth-order valence-electron chi connectivity index (χ4n) is 3.24. The van der Waals surface area contributed by atoms with Gasteiger partial charge in [-0.25, -0.2) is 0 Å². The van der Waals surface area contributed by atoms with Crippen LogP contribution in [0.1, 0.15) is 45.6 Å². The van der Waals surface area contributed by atoms with Gasteiger partial charge in [-0.15, -0.1) is 0 Å². The zero-order valence-corrected chi connectivity index (χ0v) is 13.4. The summed E-state index contributed by atoms with van der Waals surface area (Å²) in [5.74, 6) is 0.762.